The van der Waals surface area contributed by atoms with Crippen LogP contribution in [0.5, 0.6) is 0 Å². The van der Waals surface area contributed by atoms with Crippen LogP contribution in [0.3, 0.4) is 0 Å². The van der Waals surface area contributed by atoms with Crippen molar-refractivity contribution in [3.63, 3.8) is 0 Å². The number of unbranched alkanes of at least 4 members (excludes halogenated alkanes) is 59. The second-order valence-electron chi connectivity index (χ2n) is 27.7. The minimum absolute atomic E-state index is 0.0117. The summed E-state index contributed by atoms with van der Waals surface area (Å²) in [6.45, 7) is 4.98. The second-order valence-corrected chi connectivity index (χ2v) is 27.7. The molecule has 0 heterocycles. The minimum Gasteiger partial charge on any atom is -0.466 e. The molecule has 2 atom stereocenters. The molecule has 3 N–H and O–H groups in total. The van der Waals surface area contributed by atoms with E-state index in [0.29, 0.717) is 25.9 Å². The molecule has 0 saturated heterocycles. The summed E-state index contributed by atoms with van der Waals surface area (Å²) in [6, 6.07) is -0.541. The largest absolute Gasteiger partial charge is 0.466 e. The third-order valence-electron chi connectivity index (χ3n) is 18.9. The fourth-order valence-corrected chi connectivity index (χ4v) is 12.8. The topological polar surface area (TPSA) is 95.9 Å². The highest BCUT2D eigenvalue weighted by molar-refractivity contribution is 5.76. The van der Waals surface area contributed by atoms with Gasteiger partial charge in [-0.25, -0.2) is 0 Å². The van der Waals surface area contributed by atoms with E-state index in [1.54, 1.807) is 0 Å². The first-order chi connectivity index (χ1) is 43.5. The Morgan fingerprint density at radius 2 is 0.568 bits per heavy atom. The van der Waals surface area contributed by atoms with Gasteiger partial charge in [0.05, 0.1) is 25.4 Å². The average Bonchev–Trinajstić information content (AvgIpc) is 3.55. The lowest BCUT2D eigenvalue weighted by molar-refractivity contribution is -0.143. The summed E-state index contributed by atoms with van der Waals surface area (Å²) in [7, 11) is 0. The number of aliphatic hydroxyl groups excluding tert-OH is 2. The van der Waals surface area contributed by atoms with Crippen LogP contribution >= 0.6 is 0 Å². The molecule has 1 amide bonds. The van der Waals surface area contributed by atoms with Crippen LogP contribution in [0.2, 0.25) is 0 Å². The average molecular weight is 1240 g/mol. The summed E-state index contributed by atoms with van der Waals surface area (Å²) in [5.74, 6) is -0.0157. The molecule has 0 bridgehead atoms. The van der Waals surface area contributed by atoms with Crippen LogP contribution in [0.15, 0.2) is 36.5 Å². The van der Waals surface area contributed by atoms with Crippen molar-refractivity contribution < 1.29 is 24.5 Å². The first kappa shape index (κ1) is 86.1. The number of esters is 1. The van der Waals surface area contributed by atoms with Crippen molar-refractivity contribution in [2.24, 2.45) is 0 Å². The van der Waals surface area contributed by atoms with Gasteiger partial charge in [-0.3, -0.25) is 9.59 Å². The van der Waals surface area contributed by atoms with Gasteiger partial charge in [-0.2, -0.15) is 0 Å². The van der Waals surface area contributed by atoms with Crippen LogP contribution in [-0.4, -0.2) is 47.4 Å². The molecule has 0 aromatic heterocycles. The van der Waals surface area contributed by atoms with Crippen molar-refractivity contribution in [2.75, 3.05) is 13.2 Å². The second kappa shape index (κ2) is 77.5. The highest BCUT2D eigenvalue weighted by atomic mass is 16.5. The molecule has 0 aliphatic heterocycles. The number of carbonyl (C=O) groups is 2. The van der Waals surface area contributed by atoms with Gasteiger partial charge >= 0.3 is 5.97 Å². The predicted molar refractivity (Wildman–Crippen MR) is 389 cm³/mol. The summed E-state index contributed by atoms with van der Waals surface area (Å²) >= 11 is 0. The van der Waals surface area contributed by atoms with Gasteiger partial charge in [0.15, 0.2) is 0 Å². The molecule has 2 unspecified atom stereocenters. The monoisotopic (exact) mass is 1240 g/mol. The Hall–Kier alpha value is -1.92. The summed E-state index contributed by atoms with van der Waals surface area (Å²) in [4.78, 5) is 24.7. The maximum absolute atomic E-state index is 12.6. The van der Waals surface area contributed by atoms with Gasteiger partial charge in [-0.15, -0.1) is 0 Å². The molecule has 0 aliphatic rings. The molecule has 520 valence electrons. The highest BCUT2D eigenvalue weighted by Gasteiger charge is 2.20. The lowest BCUT2D eigenvalue weighted by Crippen LogP contribution is -2.45. The normalized spacial score (nSPS) is 12.6. The summed E-state index contributed by atoms with van der Waals surface area (Å²) in [6.07, 6.45) is 101. The predicted octanol–water partition coefficient (Wildman–Crippen LogP) is 26.6. The fourth-order valence-electron chi connectivity index (χ4n) is 12.8. The maximum atomic E-state index is 12.6. The molecule has 6 heteroatoms. The Bertz CT molecular complexity index is 1430. The lowest BCUT2D eigenvalue weighted by atomic mass is 10.0. The van der Waals surface area contributed by atoms with Crippen molar-refractivity contribution in [1.82, 2.24) is 5.32 Å². The van der Waals surface area contributed by atoms with E-state index in [0.717, 1.165) is 51.4 Å². The van der Waals surface area contributed by atoms with Crippen molar-refractivity contribution in [1.29, 1.82) is 0 Å². The lowest BCUT2D eigenvalue weighted by Gasteiger charge is -2.22. The van der Waals surface area contributed by atoms with Gasteiger partial charge in [0.2, 0.25) is 5.91 Å². The van der Waals surface area contributed by atoms with Crippen LogP contribution in [0.25, 0.3) is 0 Å². The first-order valence-corrected chi connectivity index (χ1v) is 40.2. The van der Waals surface area contributed by atoms with Crippen LogP contribution in [0, 0.1) is 0 Å². The van der Waals surface area contributed by atoms with E-state index in [1.807, 2.05) is 0 Å². The molecule has 88 heavy (non-hydrogen) atoms. The van der Waals surface area contributed by atoms with Gasteiger partial charge in [-0.1, -0.05) is 391 Å². The molecular weight excluding hydrogens is 1080 g/mol. The quantitative estimate of drug-likeness (QED) is 0.0320. The Labute approximate surface area is 551 Å². The van der Waals surface area contributed by atoms with Crippen LogP contribution < -0.4 is 5.32 Å². The number of carbonyl (C=O) groups excluding carboxylic acids is 2. The summed E-state index contributed by atoms with van der Waals surface area (Å²) in [5, 5.41) is 23.5. The molecule has 0 rings (SSSR count). The van der Waals surface area contributed by atoms with Crippen molar-refractivity contribution >= 4 is 11.9 Å². The Kier molecular flexibility index (Phi) is 75.8. The number of rotatable bonds is 76. The molecule has 0 radical (unpaired) electrons. The molecule has 0 fully saturated rings. The zero-order valence-corrected chi connectivity index (χ0v) is 59.7. The number of hydrogen-bond donors (Lipinski definition) is 3. The molecular formula is C82H157NO5. The number of ether oxygens (including phenoxy) is 1. The number of hydrogen-bond acceptors (Lipinski definition) is 5. The molecule has 0 aromatic carbocycles. The van der Waals surface area contributed by atoms with E-state index in [1.165, 1.54) is 366 Å². The summed E-state index contributed by atoms with van der Waals surface area (Å²) < 4.78 is 5.51. The van der Waals surface area contributed by atoms with Gasteiger partial charge in [0.25, 0.3) is 0 Å². The summed E-state index contributed by atoms with van der Waals surface area (Å²) in [5.41, 5.74) is 0. The number of amides is 1. The Balaban J connectivity index is 3.35. The zero-order valence-electron chi connectivity index (χ0n) is 59.7. The third-order valence-corrected chi connectivity index (χ3v) is 18.9. The number of nitrogens with one attached hydrogen (secondary N) is 1. The molecule has 0 spiro atoms. The van der Waals surface area contributed by atoms with Gasteiger partial charge < -0.3 is 20.3 Å². The molecule has 0 aromatic rings. The van der Waals surface area contributed by atoms with E-state index in [2.05, 4.69) is 55.6 Å². The molecule has 6 nitrogen and oxygen atoms in total. The number of aliphatic hydroxyl groups is 2. The van der Waals surface area contributed by atoms with Crippen LogP contribution in [-0.2, 0) is 14.3 Å². The fraction of sp³-hybridized carbons (Fsp3) is 0.902. The van der Waals surface area contributed by atoms with E-state index >= 15 is 0 Å². The van der Waals surface area contributed by atoms with Crippen molar-refractivity contribution in [2.45, 2.75) is 463 Å². The smallest absolute Gasteiger partial charge is 0.305 e. The van der Waals surface area contributed by atoms with E-state index in [-0.39, 0.29) is 18.5 Å². The van der Waals surface area contributed by atoms with Crippen molar-refractivity contribution in [3.05, 3.63) is 36.5 Å². The van der Waals surface area contributed by atoms with E-state index < -0.39 is 12.1 Å². The Morgan fingerprint density at radius 3 is 0.886 bits per heavy atom. The molecule has 0 saturated carbocycles. The SMILES string of the molecule is CCCCCC/C=C\C/C=C\CCCCCCCCCC(=O)OCCCCCCCCCCCCCC/C=C\CCCCCCCCCCCCCCCCCCC(=O)NC(CO)C(O)CCCCCCCCCCCCCCCCCCCCCCC. The van der Waals surface area contributed by atoms with Crippen molar-refractivity contribution in [3.8, 4) is 0 Å². The highest BCUT2D eigenvalue weighted by Crippen LogP contribution is 2.20. The van der Waals surface area contributed by atoms with Gasteiger partial charge in [0, 0.05) is 12.8 Å². The zero-order chi connectivity index (χ0) is 63.5. The van der Waals surface area contributed by atoms with E-state index in [9.17, 15) is 19.8 Å². The van der Waals surface area contributed by atoms with Crippen LogP contribution in [0.1, 0.15) is 450 Å². The van der Waals surface area contributed by atoms with Gasteiger partial charge in [-0.05, 0) is 83.5 Å². The Morgan fingerprint density at radius 1 is 0.318 bits per heavy atom. The van der Waals surface area contributed by atoms with Gasteiger partial charge in [0.1, 0.15) is 0 Å². The number of allylic oxidation sites excluding steroid dienone is 6. The maximum Gasteiger partial charge on any atom is 0.305 e. The van der Waals surface area contributed by atoms with E-state index in [4.69, 9.17) is 4.74 Å². The minimum atomic E-state index is -0.664. The first-order valence-electron chi connectivity index (χ1n) is 40.2. The standard InChI is InChI=1S/C82H157NO5/c1-3-5-7-9-11-13-15-17-19-21-23-36-39-42-46-50-54-58-62-66-70-74-80(85)79(78-84)83-81(86)75-71-67-63-59-55-51-47-43-40-37-34-32-30-28-26-24-25-27-29-31-33-35-38-41-45-49-53-57-61-65-69-73-77-88-82(87)76-72-68-64-60-56-52-48-44-22-20-18-16-14-12-10-8-6-4-2/h14,16,20,22,27,29,79-80,84-85H,3-13,15,17-19,21,23-26,28,30-78H2,1-2H3,(H,83,86)/b16-14-,22-20-,29-27-. The van der Waals surface area contributed by atoms with Crippen LogP contribution in [0.4, 0.5) is 0 Å². The molecule has 0 aliphatic carbocycles. The third kappa shape index (κ3) is 73.1.